The molecule has 0 bridgehead atoms. The van der Waals surface area contributed by atoms with Gasteiger partial charge in [0.2, 0.25) is 0 Å². The highest BCUT2D eigenvalue weighted by molar-refractivity contribution is 5.85. The minimum Gasteiger partial charge on any atom is -0.319 e. The van der Waals surface area contributed by atoms with Crippen LogP contribution in [0, 0.1) is 0 Å². The molecular weight excluding hydrogens is 290 g/mol. The lowest BCUT2D eigenvalue weighted by atomic mass is 9.90. The second kappa shape index (κ2) is 7.98. The summed E-state index contributed by atoms with van der Waals surface area (Å²) in [5, 5.41) is 5.97. The molecule has 1 unspecified atom stereocenters. The van der Waals surface area contributed by atoms with E-state index in [2.05, 4.69) is 78.1 Å². The maximum absolute atomic E-state index is 3.33. The van der Waals surface area contributed by atoms with Crippen LogP contribution >= 0.6 is 12.4 Å². The minimum absolute atomic E-state index is 0. The van der Waals surface area contributed by atoms with Crippen LogP contribution in [0.5, 0.6) is 0 Å². The largest absolute Gasteiger partial charge is 0.319 e. The molecule has 1 nitrogen and oxygen atoms in total. The van der Waals surface area contributed by atoms with Gasteiger partial charge in [-0.25, -0.2) is 0 Å². The van der Waals surface area contributed by atoms with E-state index in [1.807, 2.05) is 7.05 Å². The maximum atomic E-state index is 3.33. The molecule has 114 valence electrons. The second-order valence-electron chi connectivity index (χ2n) is 5.55. The summed E-state index contributed by atoms with van der Waals surface area (Å²) in [6, 6.07) is 26.1. The van der Waals surface area contributed by atoms with E-state index in [0.29, 0.717) is 5.92 Å². The van der Waals surface area contributed by atoms with E-state index in [1.165, 1.54) is 21.9 Å². The molecule has 0 fully saturated rings. The van der Waals surface area contributed by atoms with Crippen LogP contribution in [0.2, 0.25) is 0 Å². The van der Waals surface area contributed by atoms with E-state index in [4.69, 9.17) is 0 Å². The van der Waals surface area contributed by atoms with Gasteiger partial charge in [0.25, 0.3) is 0 Å². The molecule has 3 aromatic rings. The zero-order chi connectivity index (χ0) is 14.5. The normalized spacial score (nSPS) is 11.9. The predicted molar refractivity (Wildman–Crippen MR) is 98.0 cm³/mol. The number of hydrogen-bond acceptors (Lipinski definition) is 1. The Morgan fingerprint density at radius 3 is 2.23 bits per heavy atom. The summed E-state index contributed by atoms with van der Waals surface area (Å²) in [6.07, 6.45) is 1.07. The molecule has 3 aromatic carbocycles. The van der Waals surface area contributed by atoms with Crippen LogP contribution in [0.1, 0.15) is 17.0 Å². The first kappa shape index (κ1) is 16.5. The third-order valence-corrected chi connectivity index (χ3v) is 4.02. The third kappa shape index (κ3) is 3.88. The number of benzene rings is 3. The molecule has 3 rings (SSSR count). The summed E-state index contributed by atoms with van der Waals surface area (Å²) in [5.74, 6) is 0.502. The van der Waals surface area contributed by atoms with E-state index in [0.717, 1.165) is 13.0 Å². The van der Waals surface area contributed by atoms with Crippen molar-refractivity contribution in [3.05, 3.63) is 83.9 Å². The SMILES string of the molecule is CNCC(Cc1ccccc1)c1ccc2ccccc2c1.Cl. The summed E-state index contributed by atoms with van der Waals surface area (Å²) in [5.41, 5.74) is 2.80. The van der Waals surface area contributed by atoms with Gasteiger partial charge in [-0.2, -0.15) is 0 Å². The molecule has 0 amide bonds. The molecular formula is C20H22ClN. The number of rotatable bonds is 5. The lowest BCUT2D eigenvalue weighted by Gasteiger charge is -2.18. The van der Waals surface area contributed by atoms with Gasteiger partial charge in [0.05, 0.1) is 0 Å². The second-order valence-corrected chi connectivity index (χ2v) is 5.55. The molecule has 0 spiro atoms. The Bertz CT molecular complexity index is 709. The molecule has 0 aliphatic rings. The fraction of sp³-hybridized carbons (Fsp3) is 0.200. The lowest BCUT2D eigenvalue weighted by molar-refractivity contribution is 0.626. The Kier molecular flexibility index (Phi) is 6.00. The third-order valence-electron chi connectivity index (χ3n) is 4.02. The predicted octanol–water partition coefficient (Wildman–Crippen LogP) is 4.81. The van der Waals surface area contributed by atoms with Gasteiger partial charge in [0, 0.05) is 12.5 Å². The van der Waals surface area contributed by atoms with Crippen molar-refractivity contribution in [2.45, 2.75) is 12.3 Å². The summed E-state index contributed by atoms with van der Waals surface area (Å²) in [7, 11) is 2.03. The van der Waals surface area contributed by atoms with Crippen LogP contribution in [0.3, 0.4) is 0 Å². The van der Waals surface area contributed by atoms with Crippen molar-refractivity contribution >= 4 is 23.2 Å². The van der Waals surface area contributed by atoms with Crippen LogP contribution in [0.4, 0.5) is 0 Å². The van der Waals surface area contributed by atoms with Gasteiger partial charge in [-0.15, -0.1) is 12.4 Å². The van der Waals surface area contributed by atoms with Gasteiger partial charge in [-0.05, 0) is 35.4 Å². The smallest absolute Gasteiger partial charge is 0.00203 e. The van der Waals surface area contributed by atoms with E-state index < -0.39 is 0 Å². The molecule has 1 N–H and O–H groups in total. The maximum Gasteiger partial charge on any atom is 0.00203 e. The highest BCUT2D eigenvalue weighted by Crippen LogP contribution is 2.24. The van der Waals surface area contributed by atoms with E-state index in [9.17, 15) is 0 Å². The van der Waals surface area contributed by atoms with Crippen molar-refractivity contribution in [1.29, 1.82) is 0 Å². The van der Waals surface area contributed by atoms with Crippen molar-refractivity contribution in [2.75, 3.05) is 13.6 Å². The van der Waals surface area contributed by atoms with Gasteiger partial charge >= 0.3 is 0 Å². The molecule has 0 saturated carbocycles. The minimum atomic E-state index is 0. The van der Waals surface area contributed by atoms with E-state index in [-0.39, 0.29) is 12.4 Å². The molecule has 2 heteroatoms. The summed E-state index contributed by atoms with van der Waals surface area (Å²) < 4.78 is 0. The van der Waals surface area contributed by atoms with E-state index >= 15 is 0 Å². The fourth-order valence-electron chi connectivity index (χ4n) is 2.91. The van der Waals surface area contributed by atoms with Gasteiger partial charge in [-0.1, -0.05) is 72.8 Å². The Labute approximate surface area is 138 Å². The van der Waals surface area contributed by atoms with Crippen molar-refractivity contribution in [3.63, 3.8) is 0 Å². The molecule has 0 aromatic heterocycles. The number of likely N-dealkylation sites (N-methyl/N-ethyl adjacent to an activating group) is 1. The van der Waals surface area contributed by atoms with Crippen LogP contribution in [0.25, 0.3) is 10.8 Å². The highest BCUT2D eigenvalue weighted by Gasteiger charge is 2.12. The zero-order valence-corrected chi connectivity index (χ0v) is 13.6. The highest BCUT2D eigenvalue weighted by atomic mass is 35.5. The number of nitrogens with one attached hydrogen (secondary N) is 1. The molecule has 22 heavy (non-hydrogen) atoms. The van der Waals surface area contributed by atoms with Crippen LogP contribution in [-0.4, -0.2) is 13.6 Å². The Balaban J connectivity index is 0.00000176. The topological polar surface area (TPSA) is 12.0 Å². The summed E-state index contributed by atoms with van der Waals surface area (Å²) in [4.78, 5) is 0. The average molecular weight is 312 g/mol. The first-order valence-corrected chi connectivity index (χ1v) is 7.54. The Hall–Kier alpha value is -1.83. The van der Waals surface area contributed by atoms with Crippen LogP contribution < -0.4 is 5.32 Å². The van der Waals surface area contributed by atoms with Gasteiger partial charge in [0.1, 0.15) is 0 Å². The van der Waals surface area contributed by atoms with Crippen LogP contribution in [0.15, 0.2) is 72.8 Å². The number of halogens is 1. The zero-order valence-electron chi connectivity index (χ0n) is 12.8. The molecule has 0 heterocycles. The first-order valence-electron chi connectivity index (χ1n) is 7.54. The first-order chi connectivity index (χ1) is 10.4. The van der Waals surface area contributed by atoms with Gasteiger partial charge in [0.15, 0.2) is 0 Å². The number of fused-ring (bicyclic) bond motifs is 1. The Morgan fingerprint density at radius 1 is 0.818 bits per heavy atom. The van der Waals surface area contributed by atoms with Gasteiger partial charge < -0.3 is 5.32 Å². The van der Waals surface area contributed by atoms with E-state index in [1.54, 1.807) is 0 Å². The van der Waals surface area contributed by atoms with Crippen molar-refractivity contribution < 1.29 is 0 Å². The average Bonchev–Trinajstić information content (AvgIpc) is 2.55. The quantitative estimate of drug-likeness (QED) is 0.713. The molecule has 0 radical (unpaired) electrons. The summed E-state index contributed by atoms with van der Waals surface area (Å²) >= 11 is 0. The fourth-order valence-corrected chi connectivity index (χ4v) is 2.91. The monoisotopic (exact) mass is 311 g/mol. The molecule has 0 saturated heterocycles. The number of hydrogen-bond donors (Lipinski definition) is 1. The lowest BCUT2D eigenvalue weighted by Crippen LogP contribution is -2.19. The van der Waals surface area contributed by atoms with Crippen LogP contribution in [-0.2, 0) is 6.42 Å². The summed E-state index contributed by atoms with van der Waals surface area (Å²) in [6.45, 7) is 0.993. The molecule has 1 atom stereocenters. The molecule has 0 aliphatic heterocycles. The Morgan fingerprint density at radius 2 is 1.50 bits per heavy atom. The van der Waals surface area contributed by atoms with Crippen molar-refractivity contribution in [1.82, 2.24) is 5.32 Å². The van der Waals surface area contributed by atoms with Crippen molar-refractivity contribution in [2.24, 2.45) is 0 Å². The molecule has 0 aliphatic carbocycles. The standard InChI is InChI=1S/C20H21N.ClH/c1-21-15-20(13-16-7-3-2-4-8-16)19-12-11-17-9-5-6-10-18(17)14-19;/h2-12,14,20-21H,13,15H2,1H3;1H. The van der Waals surface area contributed by atoms with Crippen molar-refractivity contribution in [3.8, 4) is 0 Å². The van der Waals surface area contributed by atoms with Gasteiger partial charge in [-0.3, -0.25) is 0 Å².